The number of β-amino-alcohol motifs (C(OH)–C–C–N with tert-alkyl or cyclic N) is 1. The highest BCUT2D eigenvalue weighted by Crippen LogP contribution is 2.21. The van der Waals surface area contributed by atoms with Gasteiger partial charge in [-0.25, -0.2) is 0 Å². The van der Waals surface area contributed by atoms with Gasteiger partial charge in [-0.05, 0) is 49.1 Å². The molecule has 2 amide bonds. The molecule has 2 aliphatic rings. The Balaban J connectivity index is 1.31. The lowest BCUT2D eigenvalue weighted by molar-refractivity contribution is -0.138. The van der Waals surface area contributed by atoms with Gasteiger partial charge in [-0.3, -0.25) is 14.5 Å². The van der Waals surface area contributed by atoms with Crippen LogP contribution in [0.4, 0.5) is 0 Å². The molecule has 2 aliphatic heterocycles. The van der Waals surface area contributed by atoms with E-state index in [-0.39, 0.29) is 31.6 Å². The van der Waals surface area contributed by atoms with Gasteiger partial charge in [0.1, 0.15) is 30.3 Å². The molecule has 2 saturated heterocycles. The molecule has 2 aromatic rings. The molecule has 0 spiro atoms. The minimum absolute atomic E-state index is 0.0224. The molecule has 0 aliphatic carbocycles. The average Bonchev–Trinajstić information content (AvgIpc) is 3.11. The second kappa shape index (κ2) is 14.3. The number of benzene rings is 2. The van der Waals surface area contributed by atoms with E-state index in [1.54, 1.807) is 4.90 Å². The maximum atomic E-state index is 12.6. The number of ether oxygens (including phenoxy) is 3. The van der Waals surface area contributed by atoms with Crippen LogP contribution in [0.3, 0.4) is 0 Å². The molecule has 0 bridgehead atoms. The molecule has 2 heterocycles. The van der Waals surface area contributed by atoms with Gasteiger partial charge in [-0.1, -0.05) is 30.3 Å². The fourth-order valence-corrected chi connectivity index (χ4v) is 5.12. The summed E-state index contributed by atoms with van der Waals surface area (Å²) in [5, 5.41) is 11.6. The molecule has 39 heavy (non-hydrogen) atoms. The summed E-state index contributed by atoms with van der Waals surface area (Å²) in [6.07, 6.45) is 3.56. The highest BCUT2D eigenvalue weighted by molar-refractivity contribution is 5.77. The van der Waals surface area contributed by atoms with E-state index in [2.05, 4.69) is 4.90 Å². The second-order valence-corrected chi connectivity index (χ2v) is 10.5. The van der Waals surface area contributed by atoms with Crippen LogP contribution in [0.15, 0.2) is 54.6 Å². The van der Waals surface area contributed by atoms with Crippen molar-refractivity contribution >= 4 is 11.8 Å². The van der Waals surface area contributed by atoms with Crippen molar-refractivity contribution in [3.8, 4) is 11.5 Å². The SMILES string of the molecule is COCC(=O)N1CCN(Cc2ccc(OCCCN3CCCCC3=O)cc2)CC(O)(COc2ccccc2)C1. The predicted octanol–water partition coefficient (Wildman–Crippen LogP) is 2.57. The van der Waals surface area contributed by atoms with Crippen LogP contribution < -0.4 is 9.47 Å². The smallest absolute Gasteiger partial charge is 0.248 e. The molecule has 212 valence electrons. The quantitative estimate of drug-likeness (QED) is 0.415. The fourth-order valence-electron chi connectivity index (χ4n) is 5.12. The van der Waals surface area contributed by atoms with E-state index in [4.69, 9.17) is 14.2 Å². The number of likely N-dealkylation sites (tertiary alicyclic amines) is 1. The van der Waals surface area contributed by atoms with Gasteiger partial charge in [-0.15, -0.1) is 0 Å². The van der Waals surface area contributed by atoms with Crippen LogP contribution >= 0.6 is 0 Å². The number of hydrogen-bond acceptors (Lipinski definition) is 7. The molecule has 1 N–H and O–H groups in total. The molecule has 1 atom stereocenters. The largest absolute Gasteiger partial charge is 0.494 e. The van der Waals surface area contributed by atoms with E-state index >= 15 is 0 Å². The first kappa shape index (κ1) is 28.9. The summed E-state index contributed by atoms with van der Waals surface area (Å²) in [4.78, 5) is 30.3. The van der Waals surface area contributed by atoms with Gasteiger partial charge in [0, 0.05) is 52.8 Å². The molecule has 2 fully saturated rings. The maximum Gasteiger partial charge on any atom is 0.248 e. The number of hydrogen-bond donors (Lipinski definition) is 1. The molecule has 0 radical (unpaired) electrons. The van der Waals surface area contributed by atoms with Crippen LogP contribution in [-0.4, -0.2) is 103 Å². The van der Waals surface area contributed by atoms with Gasteiger partial charge in [0.25, 0.3) is 0 Å². The minimum atomic E-state index is -1.24. The number of para-hydroxylation sites is 1. The maximum absolute atomic E-state index is 12.6. The highest BCUT2D eigenvalue weighted by Gasteiger charge is 2.37. The van der Waals surface area contributed by atoms with Crippen molar-refractivity contribution in [3.05, 3.63) is 60.2 Å². The summed E-state index contributed by atoms with van der Waals surface area (Å²) < 4.78 is 16.9. The number of carbonyl (C=O) groups is 2. The predicted molar refractivity (Wildman–Crippen MR) is 148 cm³/mol. The first-order valence-electron chi connectivity index (χ1n) is 13.8. The third kappa shape index (κ3) is 8.95. The van der Waals surface area contributed by atoms with Gasteiger partial charge in [0.05, 0.1) is 13.2 Å². The lowest BCUT2D eigenvalue weighted by atomic mass is 10.0. The van der Waals surface area contributed by atoms with Crippen LogP contribution in [0.25, 0.3) is 0 Å². The van der Waals surface area contributed by atoms with Gasteiger partial charge in [0.2, 0.25) is 11.8 Å². The van der Waals surface area contributed by atoms with Crippen molar-refractivity contribution in [3.63, 3.8) is 0 Å². The summed E-state index contributed by atoms with van der Waals surface area (Å²) in [5.74, 6) is 1.57. The second-order valence-electron chi connectivity index (χ2n) is 10.5. The standard InChI is InChI=1S/C30H41N3O6/c1-37-21-29(35)33-18-17-31(22-30(36,23-33)24-39-26-8-3-2-4-9-26)20-25-11-13-27(14-12-25)38-19-7-16-32-15-6-5-10-28(32)34/h2-4,8-9,11-14,36H,5-7,10,15-24H2,1H3. The van der Waals surface area contributed by atoms with Crippen LogP contribution in [-0.2, 0) is 20.9 Å². The highest BCUT2D eigenvalue weighted by atomic mass is 16.5. The first-order chi connectivity index (χ1) is 18.9. The van der Waals surface area contributed by atoms with Crippen LogP contribution in [0.5, 0.6) is 11.5 Å². The van der Waals surface area contributed by atoms with Crippen molar-refractivity contribution in [2.45, 2.75) is 37.8 Å². The number of aliphatic hydroxyl groups is 1. The van der Waals surface area contributed by atoms with Crippen molar-refractivity contribution in [2.75, 3.05) is 66.2 Å². The third-order valence-corrected chi connectivity index (χ3v) is 7.15. The van der Waals surface area contributed by atoms with E-state index < -0.39 is 5.60 Å². The topological polar surface area (TPSA) is 91.8 Å². The Hall–Kier alpha value is -3.14. The zero-order chi connectivity index (χ0) is 27.5. The van der Waals surface area contributed by atoms with Crippen molar-refractivity contribution in [2.24, 2.45) is 0 Å². The van der Waals surface area contributed by atoms with E-state index in [0.29, 0.717) is 45.0 Å². The van der Waals surface area contributed by atoms with E-state index in [1.807, 2.05) is 59.5 Å². The number of rotatable bonds is 12. The Morgan fingerprint density at radius 2 is 1.72 bits per heavy atom. The summed E-state index contributed by atoms with van der Waals surface area (Å²) in [7, 11) is 1.50. The Morgan fingerprint density at radius 1 is 0.949 bits per heavy atom. The van der Waals surface area contributed by atoms with Crippen molar-refractivity contribution in [1.29, 1.82) is 0 Å². The fraction of sp³-hybridized carbons (Fsp3) is 0.533. The molecule has 9 heteroatoms. The Bertz CT molecular complexity index is 1050. The zero-order valence-electron chi connectivity index (χ0n) is 22.9. The molecular weight excluding hydrogens is 498 g/mol. The number of amides is 2. The number of piperidine rings is 1. The lowest BCUT2D eigenvalue weighted by Crippen LogP contribution is -2.52. The molecule has 0 aromatic heterocycles. The molecule has 9 nitrogen and oxygen atoms in total. The lowest BCUT2D eigenvalue weighted by Gasteiger charge is -2.33. The van der Waals surface area contributed by atoms with Gasteiger partial charge >= 0.3 is 0 Å². The normalized spacial score (nSPS) is 20.5. The minimum Gasteiger partial charge on any atom is -0.494 e. The van der Waals surface area contributed by atoms with Gasteiger partial charge < -0.3 is 29.1 Å². The Morgan fingerprint density at radius 3 is 2.46 bits per heavy atom. The number of nitrogens with zero attached hydrogens (tertiary/aromatic N) is 3. The van der Waals surface area contributed by atoms with Gasteiger partial charge in [0.15, 0.2) is 0 Å². The zero-order valence-corrected chi connectivity index (χ0v) is 22.9. The molecule has 1 unspecified atom stereocenters. The third-order valence-electron chi connectivity index (χ3n) is 7.15. The van der Waals surface area contributed by atoms with Crippen LogP contribution in [0.2, 0.25) is 0 Å². The van der Waals surface area contributed by atoms with Crippen molar-refractivity contribution < 1.29 is 28.9 Å². The molecule has 2 aromatic carbocycles. The number of methoxy groups -OCH3 is 1. The van der Waals surface area contributed by atoms with E-state index in [1.165, 1.54) is 7.11 Å². The summed E-state index contributed by atoms with van der Waals surface area (Å²) in [6, 6.07) is 17.4. The summed E-state index contributed by atoms with van der Waals surface area (Å²) in [5.41, 5.74) is -0.154. The average molecular weight is 540 g/mol. The van der Waals surface area contributed by atoms with Crippen molar-refractivity contribution in [1.82, 2.24) is 14.7 Å². The molecular formula is C30H41N3O6. The van der Waals surface area contributed by atoms with E-state index in [9.17, 15) is 14.7 Å². The monoisotopic (exact) mass is 539 g/mol. The van der Waals surface area contributed by atoms with E-state index in [0.717, 1.165) is 43.7 Å². The molecule has 4 rings (SSSR count). The molecule has 0 saturated carbocycles. The first-order valence-corrected chi connectivity index (χ1v) is 13.8. The van der Waals surface area contributed by atoms with Crippen LogP contribution in [0.1, 0.15) is 31.2 Å². The Kier molecular flexibility index (Phi) is 10.6. The van der Waals surface area contributed by atoms with Gasteiger partial charge in [-0.2, -0.15) is 0 Å². The summed E-state index contributed by atoms with van der Waals surface area (Å²) >= 11 is 0. The summed E-state index contributed by atoms with van der Waals surface area (Å²) in [6.45, 7) is 4.49. The van der Waals surface area contributed by atoms with Crippen LogP contribution in [0, 0.1) is 0 Å². The number of carbonyl (C=O) groups excluding carboxylic acids is 2. The Labute approximate surface area is 231 Å².